The van der Waals surface area contributed by atoms with Crippen LogP contribution in [0, 0.1) is 12.8 Å². The first-order chi connectivity index (χ1) is 7.08. The molecule has 0 aliphatic heterocycles. The van der Waals surface area contributed by atoms with E-state index in [0.29, 0.717) is 18.3 Å². The molecular formula is C10H17N3O2. The molecule has 5 heteroatoms. The predicted octanol–water partition coefficient (Wildman–Crippen LogP) is 1.17. The zero-order valence-corrected chi connectivity index (χ0v) is 9.33. The van der Waals surface area contributed by atoms with E-state index in [1.165, 1.54) is 0 Å². The van der Waals surface area contributed by atoms with Gasteiger partial charge in [-0.15, -0.1) is 0 Å². The molecule has 2 N–H and O–H groups in total. The molecule has 1 aromatic rings. The first-order valence-corrected chi connectivity index (χ1v) is 5.02. The van der Waals surface area contributed by atoms with E-state index in [2.05, 4.69) is 29.6 Å². The van der Waals surface area contributed by atoms with Crippen molar-refractivity contribution in [3.63, 3.8) is 0 Å². The largest absolute Gasteiger partial charge is 0.360 e. The number of nitrogens with one attached hydrogen (secondary N) is 2. The highest BCUT2D eigenvalue weighted by molar-refractivity contribution is 5.80. The van der Waals surface area contributed by atoms with Gasteiger partial charge in [0.1, 0.15) is 5.76 Å². The fraction of sp³-hybridized carbons (Fsp3) is 0.600. The summed E-state index contributed by atoms with van der Waals surface area (Å²) >= 11 is 0. The number of hydrogen-bond acceptors (Lipinski definition) is 4. The van der Waals surface area contributed by atoms with Gasteiger partial charge >= 0.3 is 0 Å². The molecule has 1 rings (SSSR count). The smallest absolute Gasteiger partial charge is 0.239 e. The molecule has 1 aromatic heterocycles. The van der Waals surface area contributed by atoms with Crippen molar-refractivity contribution in [2.45, 2.75) is 20.8 Å². The molecule has 0 spiro atoms. The number of anilines is 1. The van der Waals surface area contributed by atoms with Crippen LogP contribution >= 0.6 is 0 Å². The SMILES string of the molecule is Cc1cc(NCC(=O)NCC(C)C)no1. The lowest BCUT2D eigenvalue weighted by Gasteiger charge is -2.07. The van der Waals surface area contributed by atoms with Crippen LogP contribution in [0.1, 0.15) is 19.6 Å². The molecule has 1 amide bonds. The number of aryl methyl sites for hydroxylation is 1. The highest BCUT2D eigenvalue weighted by atomic mass is 16.5. The second-order valence-corrected chi connectivity index (χ2v) is 3.87. The first-order valence-electron chi connectivity index (χ1n) is 5.02. The molecule has 0 unspecified atom stereocenters. The average molecular weight is 211 g/mol. The van der Waals surface area contributed by atoms with Crippen molar-refractivity contribution in [1.82, 2.24) is 10.5 Å². The molecule has 0 aromatic carbocycles. The van der Waals surface area contributed by atoms with Crippen molar-refractivity contribution in [2.75, 3.05) is 18.4 Å². The molecule has 1 heterocycles. The number of hydrogen-bond donors (Lipinski definition) is 2. The Labute approximate surface area is 89.2 Å². The van der Waals surface area contributed by atoms with Gasteiger partial charge in [-0.3, -0.25) is 4.79 Å². The highest BCUT2D eigenvalue weighted by Gasteiger charge is 2.04. The van der Waals surface area contributed by atoms with E-state index in [0.717, 1.165) is 5.76 Å². The number of carbonyl (C=O) groups is 1. The summed E-state index contributed by atoms with van der Waals surface area (Å²) in [6, 6.07) is 1.75. The van der Waals surface area contributed by atoms with Crippen LogP contribution in [0.25, 0.3) is 0 Å². The van der Waals surface area contributed by atoms with Gasteiger partial charge in [0.15, 0.2) is 5.82 Å². The minimum absolute atomic E-state index is 0.0376. The van der Waals surface area contributed by atoms with Crippen molar-refractivity contribution in [3.05, 3.63) is 11.8 Å². The summed E-state index contributed by atoms with van der Waals surface area (Å²) in [5.41, 5.74) is 0. The Hall–Kier alpha value is -1.52. The number of nitrogens with zero attached hydrogens (tertiary/aromatic N) is 1. The zero-order chi connectivity index (χ0) is 11.3. The van der Waals surface area contributed by atoms with Crippen LogP contribution in [-0.2, 0) is 4.79 Å². The van der Waals surface area contributed by atoms with E-state index < -0.39 is 0 Å². The van der Waals surface area contributed by atoms with Crippen LogP contribution in [0.4, 0.5) is 5.82 Å². The third-order valence-corrected chi connectivity index (χ3v) is 1.77. The quantitative estimate of drug-likeness (QED) is 0.767. The van der Waals surface area contributed by atoms with Crippen LogP contribution in [0.2, 0.25) is 0 Å². The topological polar surface area (TPSA) is 67.2 Å². The van der Waals surface area contributed by atoms with Crippen LogP contribution in [0.15, 0.2) is 10.6 Å². The molecule has 0 bridgehead atoms. The van der Waals surface area contributed by atoms with Gasteiger partial charge in [0.05, 0.1) is 6.54 Å². The van der Waals surface area contributed by atoms with Crippen molar-refractivity contribution < 1.29 is 9.32 Å². The highest BCUT2D eigenvalue weighted by Crippen LogP contribution is 2.05. The maximum atomic E-state index is 11.3. The van der Waals surface area contributed by atoms with Gasteiger partial charge in [-0.1, -0.05) is 19.0 Å². The third-order valence-electron chi connectivity index (χ3n) is 1.77. The molecule has 0 radical (unpaired) electrons. The molecule has 84 valence electrons. The van der Waals surface area contributed by atoms with Crippen LogP contribution in [0.5, 0.6) is 0 Å². The summed E-state index contributed by atoms with van der Waals surface area (Å²) in [7, 11) is 0. The molecule has 15 heavy (non-hydrogen) atoms. The molecule has 0 saturated heterocycles. The summed E-state index contributed by atoms with van der Waals surface area (Å²) in [5, 5.41) is 9.39. The molecule has 0 fully saturated rings. The third kappa shape index (κ3) is 4.49. The minimum Gasteiger partial charge on any atom is -0.360 e. The summed E-state index contributed by atoms with van der Waals surface area (Å²) in [4.78, 5) is 11.3. The molecular weight excluding hydrogens is 194 g/mol. The Bertz CT molecular complexity index is 320. The average Bonchev–Trinajstić information content (AvgIpc) is 2.58. The van der Waals surface area contributed by atoms with E-state index in [1.807, 2.05) is 0 Å². The van der Waals surface area contributed by atoms with Gasteiger partial charge in [-0.05, 0) is 12.8 Å². The van der Waals surface area contributed by atoms with Gasteiger partial charge < -0.3 is 15.2 Å². The van der Waals surface area contributed by atoms with Crippen molar-refractivity contribution >= 4 is 11.7 Å². The fourth-order valence-corrected chi connectivity index (χ4v) is 1.00. The van der Waals surface area contributed by atoms with E-state index in [1.54, 1.807) is 13.0 Å². The second kappa shape index (κ2) is 5.38. The maximum absolute atomic E-state index is 11.3. The molecule has 0 aliphatic carbocycles. The molecule has 5 nitrogen and oxygen atoms in total. The summed E-state index contributed by atoms with van der Waals surface area (Å²) in [6.45, 7) is 6.82. The second-order valence-electron chi connectivity index (χ2n) is 3.87. The summed E-state index contributed by atoms with van der Waals surface area (Å²) in [6.07, 6.45) is 0. The Morgan fingerprint density at radius 1 is 1.60 bits per heavy atom. The lowest BCUT2D eigenvalue weighted by atomic mass is 10.2. The lowest BCUT2D eigenvalue weighted by Crippen LogP contribution is -2.32. The Balaban J connectivity index is 2.22. The number of carbonyl (C=O) groups excluding carboxylic acids is 1. The molecule has 0 aliphatic rings. The standard InChI is InChI=1S/C10H17N3O2/c1-7(2)5-12-10(14)6-11-9-4-8(3)15-13-9/h4,7H,5-6H2,1-3H3,(H,11,13)(H,12,14). The van der Waals surface area contributed by atoms with Crippen LogP contribution < -0.4 is 10.6 Å². The van der Waals surface area contributed by atoms with Gasteiger partial charge in [0, 0.05) is 12.6 Å². The van der Waals surface area contributed by atoms with Crippen LogP contribution in [-0.4, -0.2) is 24.2 Å². The summed E-state index contributed by atoms with van der Waals surface area (Å²) in [5.74, 6) is 1.74. The minimum atomic E-state index is -0.0376. The van der Waals surface area contributed by atoms with E-state index in [-0.39, 0.29) is 12.5 Å². The molecule has 0 saturated carbocycles. The Morgan fingerprint density at radius 2 is 2.33 bits per heavy atom. The van der Waals surface area contributed by atoms with Gasteiger partial charge in [-0.25, -0.2) is 0 Å². The van der Waals surface area contributed by atoms with Crippen LogP contribution in [0.3, 0.4) is 0 Å². The lowest BCUT2D eigenvalue weighted by molar-refractivity contribution is -0.119. The van der Waals surface area contributed by atoms with Gasteiger partial charge in [0.2, 0.25) is 5.91 Å². The number of amides is 1. The fourth-order valence-electron chi connectivity index (χ4n) is 1.00. The first kappa shape index (κ1) is 11.6. The van der Waals surface area contributed by atoms with Crippen molar-refractivity contribution in [2.24, 2.45) is 5.92 Å². The van der Waals surface area contributed by atoms with Gasteiger partial charge in [-0.2, -0.15) is 0 Å². The predicted molar refractivity (Wildman–Crippen MR) is 57.6 cm³/mol. The zero-order valence-electron chi connectivity index (χ0n) is 9.33. The van der Waals surface area contributed by atoms with Gasteiger partial charge in [0.25, 0.3) is 0 Å². The van der Waals surface area contributed by atoms with E-state index in [9.17, 15) is 4.79 Å². The van der Waals surface area contributed by atoms with E-state index >= 15 is 0 Å². The Kier molecular flexibility index (Phi) is 4.15. The number of rotatable bonds is 5. The van der Waals surface area contributed by atoms with Crippen molar-refractivity contribution in [1.29, 1.82) is 0 Å². The maximum Gasteiger partial charge on any atom is 0.239 e. The normalized spacial score (nSPS) is 10.4. The Morgan fingerprint density at radius 3 is 2.87 bits per heavy atom. The molecule has 0 atom stereocenters. The van der Waals surface area contributed by atoms with E-state index in [4.69, 9.17) is 4.52 Å². The van der Waals surface area contributed by atoms with Crippen molar-refractivity contribution in [3.8, 4) is 0 Å². The number of aromatic nitrogens is 1. The summed E-state index contributed by atoms with van der Waals surface area (Å²) < 4.78 is 4.85. The monoisotopic (exact) mass is 211 g/mol.